The van der Waals surface area contributed by atoms with Crippen molar-refractivity contribution in [3.8, 4) is 0 Å². The molecular formula is C14H20N6O. The zero-order valence-electron chi connectivity index (χ0n) is 12.3. The fourth-order valence-corrected chi connectivity index (χ4v) is 2.08. The van der Waals surface area contributed by atoms with Gasteiger partial charge in [-0.25, -0.2) is 0 Å². The number of benzene rings is 1. The first-order chi connectivity index (χ1) is 10.2. The molecule has 0 unspecified atom stereocenters. The summed E-state index contributed by atoms with van der Waals surface area (Å²) in [7, 11) is 0. The van der Waals surface area contributed by atoms with Crippen molar-refractivity contribution in [1.29, 1.82) is 0 Å². The van der Waals surface area contributed by atoms with Crippen LogP contribution < -0.4 is 5.32 Å². The molecule has 7 heteroatoms. The van der Waals surface area contributed by atoms with Gasteiger partial charge >= 0.3 is 0 Å². The number of nitrogens with one attached hydrogen (secondary N) is 2. The first kappa shape index (κ1) is 15.1. The van der Waals surface area contributed by atoms with Crippen molar-refractivity contribution in [2.24, 2.45) is 0 Å². The molecule has 0 aliphatic rings. The van der Waals surface area contributed by atoms with Crippen molar-refractivity contribution in [3.05, 3.63) is 41.2 Å². The van der Waals surface area contributed by atoms with Crippen LogP contribution in [0.1, 0.15) is 35.6 Å². The minimum Gasteiger partial charge on any atom is -0.345 e. The standard InChI is InChI=1S/C14H20N6O/c1-3-20(4-2)10-12-8-6-5-7-11(12)9-15-14(21)13-16-18-19-17-13/h5-8H,3-4,9-10H2,1-2H3,(H,15,21)(H,16,17,18,19). The summed E-state index contributed by atoms with van der Waals surface area (Å²) in [5, 5.41) is 15.8. The summed E-state index contributed by atoms with van der Waals surface area (Å²) < 4.78 is 0. The number of nitrogens with zero attached hydrogens (tertiary/aromatic N) is 4. The van der Waals surface area contributed by atoms with Gasteiger partial charge in [0.25, 0.3) is 11.7 Å². The number of tetrazole rings is 1. The van der Waals surface area contributed by atoms with Gasteiger partial charge in [0, 0.05) is 13.1 Å². The molecule has 1 heterocycles. The third kappa shape index (κ3) is 4.09. The molecule has 2 aromatic rings. The van der Waals surface area contributed by atoms with Crippen LogP contribution >= 0.6 is 0 Å². The Morgan fingerprint density at radius 2 is 1.95 bits per heavy atom. The topological polar surface area (TPSA) is 86.8 Å². The maximum Gasteiger partial charge on any atom is 0.293 e. The molecule has 112 valence electrons. The average Bonchev–Trinajstić information content (AvgIpc) is 3.05. The molecule has 0 aliphatic heterocycles. The lowest BCUT2D eigenvalue weighted by molar-refractivity contribution is 0.0940. The lowest BCUT2D eigenvalue weighted by Gasteiger charge is -2.20. The van der Waals surface area contributed by atoms with Crippen LogP contribution in [0.4, 0.5) is 0 Å². The van der Waals surface area contributed by atoms with E-state index in [1.807, 2.05) is 18.2 Å². The zero-order chi connectivity index (χ0) is 15.1. The minimum atomic E-state index is -0.332. The van der Waals surface area contributed by atoms with Gasteiger partial charge in [-0.05, 0) is 29.4 Å². The fourth-order valence-electron chi connectivity index (χ4n) is 2.08. The highest BCUT2D eigenvalue weighted by Gasteiger charge is 2.11. The predicted octanol–water partition coefficient (Wildman–Crippen LogP) is 0.971. The Morgan fingerprint density at radius 3 is 2.57 bits per heavy atom. The van der Waals surface area contributed by atoms with Gasteiger partial charge < -0.3 is 5.32 Å². The monoisotopic (exact) mass is 288 g/mol. The Kier molecular flexibility index (Phi) is 5.39. The van der Waals surface area contributed by atoms with Crippen LogP contribution in [-0.4, -0.2) is 44.5 Å². The molecule has 1 amide bonds. The average molecular weight is 288 g/mol. The highest BCUT2D eigenvalue weighted by molar-refractivity contribution is 5.89. The molecule has 0 aliphatic carbocycles. The van der Waals surface area contributed by atoms with Gasteiger partial charge in [0.1, 0.15) is 0 Å². The molecule has 1 aromatic heterocycles. The number of rotatable bonds is 7. The van der Waals surface area contributed by atoms with E-state index in [0.717, 1.165) is 25.2 Å². The molecule has 0 bridgehead atoms. The van der Waals surface area contributed by atoms with E-state index in [2.05, 4.69) is 50.8 Å². The first-order valence-corrected chi connectivity index (χ1v) is 7.05. The quantitative estimate of drug-likeness (QED) is 0.793. The van der Waals surface area contributed by atoms with E-state index in [9.17, 15) is 4.79 Å². The third-order valence-electron chi connectivity index (χ3n) is 3.39. The lowest BCUT2D eigenvalue weighted by Crippen LogP contribution is -2.26. The van der Waals surface area contributed by atoms with Crippen LogP contribution in [0, 0.1) is 0 Å². The second-order valence-electron chi connectivity index (χ2n) is 4.65. The molecule has 1 aromatic carbocycles. The Morgan fingerprint density at radius 1 is 1.24 bits per heavy atom. The Bertz CT molecular complexity index is 565. The number of H-pyrrole nitrogens is 1. The van der Waals surface area contributed by atoms with Crippen molar-refractivity contribution in [2.45, 2.75) is 26.9 Å². The van der Waals surface area contributed by atoms with Crippen molar-refractivity contribution < 1.29 is 4.79 Å². The maximum atomic E-state index is 11.8. The van der Waals surface area contributed by atoms with E-state index < -0.39 is 0 Å². The summed E-state index contributed by atoms with van der Waals surface area (Å²) >= 11 is 0. The summed E-state index contributed by atoms with van der Waals surface area (Å²) in [6.07, 6.45) is 0. The summed E-state index contributed by atoms with van der Waals surface area (Å²) in [5.74, 6) is -0.280. The molecule has 0 atom stereocenters. The molecule has 0 saturated carbocycles. The van der Waals surface area contributed by atoms with Gasteiger partial charge in [0.15, 0.2) is 0 Å². The van der Waals surface area contributed by atoms with Gasteiger partial charge in [0.2, 0.25) is 0 Å². The molecule has 21 heavy (non-hydrogen) atoms. The zero-order valence-corrected chi connectivity index (χ0v) is 12.3. The summed E-state index contributed by atoms with van der Waals surface area (Å²) in [6.45, 7) is 7.61. The van der Waals surface area contributed by atoms with Crippen molar-refractivity contribution in [2.75, 3.05) is 13.1 Å². The molecule has 7 nitrogen and oxygen atoms in total. The predicted molar refractivity (Wildman–Crippen MR) is 78.4 cm³/mol. The van der Waals surface area contributed by atoms with E-state index in [1.54, 1.807) is 0 Å². The van der Waals surface area contributed by atoms with Crippen LogP contribution in [0.5, 0.6) is 0 Å². The number of carbonyl (C=O) groups excluding carboxylic acids is 1. The summed E-state index contributed by atoms with van der Waals surface area (Å²) in [4.78, 5) is 14.2. The molecular weight excluding hydrogens is 268 g/mol. The normalized spacial score (nSPS) is 10.8. The third-order valence-corrected chi connectivity index (χ3v) is 3.39. The first-order valence-electron chi connectivity index (χ1n) is 7.05. The smallest absolute Gasteiger partial charge is 0.293 e. The Balaban J connectivity index is 2.01. The van der Waals surface area contributed by atoms with Crippen LogP contribution in [0.25, 0.3) is 0 Å². The van der Waals surface area contributed by atoms with E-state index >= 15 is 0 Å². The van der Waals surface area contributed by atoms with Crippen LogP contribution in [-0.2, 0) is 13.1 Å². The van der Waals surface area contributed by atoms with Crippen molar-refractivity contribution in [3.63, 3.8) is 0 Å². The van der Waals surface area contributed by atoms with Gasteiger partial charge in [0.05, 0.1) is 0 Å². The number of hydrogen-bond acceptors (Lipinski definition) is 5. The maximum absolute atomic E-state index is 11.8. The molecule has 0 spiro atoms. The minimum absolute atomic E-state index is 0.0521. The van der Waals surface area contributed by atoms with Crippen molar-refractivity contribution >= 4 is 5.91 Å². The van der Waals surface area contributed by atoms with E-state index in [4.69, 9.17) is 0 Å². The molecule has 2 rings (SSSR count). The SMILES string of the molecule is CCN(CC)Cc1ccccc1CNC(=O)c1nn[nH]n1. The molecule has 2 N–H and O–H groups in total. The molecule has 0 radical (unpaired) electrons. The summed E-state index contributed by atoms with van der Waals surface area (Å²) in [6, 6.07) is 8.11. The van der Waals surface area contributed by atoms with Gasteiger partial charge in [-0.15, -0.1) is 10.2 Å². The fraction of sp³-hybridized carbons (Fsp3) is 0.429. The molecule has 0 fully saturated rings. The number of hydrogen-bond donors (Lipinski definition) is 2. The van der Waals surface area contributed by atoms with Crippen LogP contribution in [0.2, 0.25) is 0 Å². The second kappa shape index (κ2) is 7.49. The van der Waals surface area contributed by atoms with Crippen molar-refractivity contribution in [1.82, 2.24) is 30.8 Å². The van der Waals surface area contributed by atoms with Gasteiger partial charge in [-0.2, -0.15) is 5.21 Å². The lowest BCUT2D eigenvalue weighted by atomic mass is 10.1. The van der Waals surface area contributed by atoms with Crippen LogP contribution in [0.3, 0.4) is 0 Å². The van der Waals surface area contributed by atoms with E-state index in [-0.39, 0.29) is 11.7 Å². The van der Waals surface area contributed by atoms with E-state index in [0.29, 0.717) is 6.54 Å². The second-order valence-corrected chi connectivity index (χ2v) is 4.65. The number of aromatic nitrogens is 4. The number of aromatic amines is 1. The van der Waals surface area contributed by atoms with Gasteiger partial charge in [-0.3, -0.25) is 9.69 Å². The van der Waals surface area contributed by atoms with Gasteiger partial charge in [-0.1, -0.05) is 38.1 Å². The van der Waals surface area contributed by atoms with Crippen LogP contribution in [0.15, 0.2) is 24.3 Å². The number of amides is 1. The summed E-state index contributed by atoms with van der Waals surface area (Å²) in [5.41, 5.74) is 2.32. The highest BCUT2D eigenvalue weighted by atomic mass is 16.2. The van der Waals surface area contributed by atoms with E-state index in [1.165, 1.54) is 5.56 Å². The largest absolute Gasteiger partial charge is 0.345 e. The Labute approximate surface area is 123 Å². The highest BCUT2D eigenvalue weighted by Crippen LogP contribution is 2.11. The number of carbonyl (C=O) groups is 1. The Hall–Kier alpha value is -2.28. The molecule has 0 saturated heterocycles.